The molecule has 0 spiro atoms. The number of benzene rings is 1. The molecule has 1 saturated heterocycles. The molecule has 1 fully saturated rings. The minimum Gasteiger partial charge on any atom is -0.507 e. The van der Waals surface area contributed by atoms with E-state index in [4.69, 9.17) is 0 Å². The van der Waals surface area contributed by atoms with Gasteiger partial charge in [-0.05, 0) is 31.2 Å². The van der Waals surface area contributed by atoms with Crippen molar-refractivity contribution in [3.05, 3.63) is 29.3 Å². The van der Waals surface area contributed by atoms with Gasteiger partial charge in [-0.2, -0.15) is 11.8 Å². The van der Waals surface area contributed by atoms with Gasteiger partial charge in [0.05, 0.1) is 5.56 Å². The highest BCUT2D eigenvalue weighted by Gasteiger charge is 2.43. The number of carboxylic acid groups (broad SMARTS) is 1. The van der Waals surface area contributed by atoms with Gasteiger partial charge >= 0.3 is 5.97 Å². The predicted octanol–water partition coefficient (Wildman–Crippen LogP) is 1.39. The number of nitrogens with one attached hydrogen (secondary N) is 1. The molecule has 3 N–H and O–H groups in total. The molecule has 19 heavy (non-hydrogen) atoms. The number of aryl methyl sites for hydroxylation is 1. The topological polar surface area (TPSA) is 86.6 Å². The number of thioether (sulfide) groups is 1. The van der Waals surface area contributed by atoms with E-state index >= 15 is 0 Å². The summed E-state index contributed by atoms with van der Waals surface area (Å²) in [6, 6.07) is 4.66. The molecule has 1 aliphatic rings. The molecule has 1 aromatic carbocycles. The largest absolute Gasteiger partial charge is 0.507 e. The Kier molecular flexibility index (Phi) is 3.71. The van der Waals surface area contributed by atoms with E-state index in [9.17, 15) is 19.8 Å². The highest BCUT2D eigenvalue weighted by atomic mass is 32.2. The smallest absolute Gasteiger partial charge is 0.330 e. The van der Waals surface area contributed by atoms with Crippen LogP contribution in [0.25, 0.3) is 0 Å². The zero-order chi connectivity index (χ0) is 14.0. The Bertz CT molecular complexity index is 523. The number of amides is 1. The molecule has 0 radical (unpaired) electrons. The van der Waals surface area contributed by atoms with Gasteiger partial charge in [0.1, 0.15) is 11.3 Å². The Morgan fingerprint density at radius 1 is 1.42 bits per heavy atom. The number of rotatable bonds is 3. The maximum Gasteiger partial charge on any atom is 0.330 e. The van der Waals surface area contributed by atoms with Crippen LogP contribution >= 0.6 is 11.8 Å². The number of carbonyl (C=O) groups excluding carboxylic acids is 1. The summed E-state index contributed by atoms with van der Waals surface area (Å²) < 4.78 is 0. The molecule has 1 heterocycles. The van der Waals surface area contributed by atoms with Crippen LogP contribution in [0.4, 0.5) is 0 Å². The Hall–Kier alpha value is -1.69. The van der Waals surface area contributed by atoms with Crippen molar-refractivity contribution in [2.75, 3.05) is 11.5 Å². The number of hydrogen-bond donors (Lipinski definition) is 3. The summed E-state index contributed by atoms with van der Waals surface area (Å²) in [5, 5.41) is 21.5. The summed E-state index contributed by atoms with van der Waals surface area (Å²) in [5.41, 5.74) is -0.288. The monoisotopic (exact) mass is 281 g/mol. The molecule has 1 aliphatic heterocycles. The summed E-state index contributed by atoms with van der Waals surface area (Å²) in [5.74, 6) is -0.675. The first-order valence-corrected chi connectivity index (χ1v) is 7.03. The van der Waals surface area contributed by atoms with Gasteiger partial charge in [-0.1, -0.05) is 11.6 Å². The molecule has 1 unspecified atom stereocenters. The lowest BCUT2D eigenvalue weighted by Crippen LogP contribution is -2.54. The first-order chi connectivity index (χ1) is 8.94. The van der Waals surface area contributed by atoms with E-state index in [-0.39, 0.29) is 11.3 Å². The third-order valence-corrected chi connectivity index (χ3v) is 4.37. The maximum absolute atomic E-state index is 12.1. The SMILES string of the molecule is Cc1ccc(O)c(C(=O)NC2(C(=O)O)CCSC2)c1. The van der Waals surface area contributed by atoms with Crippen molar-refractivity contribution >= 4 is 23.6 Å². The second-order valence-corrected chi connectivity index (χ2v) is 5.77. The highest BCUT2D eigenvalue weighted by molar-refractivity contribution is 7.99. The van der Waals surface area contributed by atoms with E-state index in [1.165, 1.54) is 17.8 Å². The minimum absolute atomic E-state index is 0.109. The fourth-order valence-corrected chi connectivity index (χ4v) is 3.33. The molecule has 0 aromatic heterocycles. The van der Waals surface area contributed by atoms with Crippen molar-refractivity contribution in [3.63, 3.8) is 0 Å². The second-order valence-electron chi connectivity index (χ2n) is 4.66. The highest BCUT2D eigenvalue weighted by Crippen LogP contribution is 2.29. The Labute approximate surface area is 115 Å². The van der Waals surface area contributed by atoms with Crippen LogP contribution < -0.4 is 5.32 Å². The zero-order valence-electron chi connectivity index (χ0n) is 10.5. The Morgan fingerprint density at radius 2 is 2.16 bits per heavy atom. The molecule has 2 rings (SSSR count). The fraction of sp³-hybridized carbons (Fsp3) is 0.385. The Morgan fingerprint density at radius 3 is 2.74 bits per heavy atom. The van der Waals surface area contributed by atoms with Crippen LogP contribution in [0.1, 0.15) is 22.3 Å². The summed E-state index contributed by atoms with van der Waals surface area (Å²) in [6.45, 7) is 1.80. The standard InChI is InChI=1S/C13H15NO4S/c1-8-2-3-10(15)9(6-8)11(16)14-13(12(17)18)4-5-19-7-13/h2-3,6,15H,4-5,7H2,1H3,(H,14,16)(H,17,18). The van der Waals surface area contributed by atoms with Crippen LogP contribution in [0, 0.1) is 6.92 Å². The lowest BCUT2D eigenvalue weighted by Gasteiger charge is -2.24. The lowest BCUT2D eigenvalue weighted by molar-refractivity contribution is -0.143. The predicted molar refractivity (Wildman–Crippen MR) is 72.6 cm³/mol. The van der Waals surface area contributed by atoms with Crippen molar-refractivity contribution in [1.29, 1.82) is 0 Å². The average molecular weight is 281 g/mol. The molecule has 1 aromatic rings. The number of phenolic OH excluding ortho intramolecular Hbond substituents is 1. The van der Waals surface area contributed by atoms with Crippen molar-refractivity contribution in [1.82, 2.24) is 5.32 Å². The van der Waals surface area contributed by atoms with Crippen LogP contribution in [0.2, 0.25) is 0 Å². The van der Waals surface area contributed by atoms with Crippen LogP contribution in [0.5, 0.6) is 5.75 Å². The van der Waals surface area contributed by atoms with Crippen LogP contribution in [-0.2, 0) is 4.79 Å². The fourth-order valence-electron chi connectivity index (χ4n) is 2.00. The van der Waals surface area contributed by atoms with Gasteiger partial charge in [0.2, 0.25) is 0 Å². The molecule has 1 atom stereocenters. The molecule has 1 amide bonds. The number of carboxylic acids is 1. The zero-order valence-corrected chi connectivity index (χ0v) is 11.3. The molecular weight excluding hydrogens is 266 g/mol. The summed E-state index contributed by atoms with van der Waals surface area (Å²) >= 11 is 1.50. The van der Waals surface area contributed by atoms with Crippen molar-refractivity contribution in [2.45, 2.75) is 18.9 Å². The number of aromatic hydroxyl groups is 1. The van der Waals surface area contributed by atoms with Gasteiger partial charge in [-0.25, -0.2) is 4.79 Å². The molecule has 6 heteroatoms. The van der Waals surface area contributed by atoms with E-state index in [1.54, 1.807) is 19.1 Å². The van der Waals surface area contributed by atoms with E-state index < -0.39 is 17.4 Å². The first-order valence-electron chi connectivity index (χ1n) is 5.88. The number of hydrogen-bond acceptors (Lipinski definition) is 4. The van der Waals surface area contributed by atoms with E-state index in [2.05, 4.69) is 5.32 Å². The second kappa shape index (κ2) is 5.13. The van der Waals surface area contributed by atoms with Crippen LogP contribution in [-0.4, -0.2) is 39.1 Å². The maximum atomic E-state index is 12.1. The van der Waals surface area contributed by atoms with Gasteiger partial charge < -0.3 is 15.5 Å². The van der Waals surface area contributed by atoms with Gasteiger partial charge in [0, 0.05) is 5.75 Å². The Balaban J connectivity index is 2.25. The van der Waals surface area contributed by atoms with Gasteiger partial charge in [-0.3, -0.25) is 4.79 Å². The molecule has 0 bridgehead atoms. The number of phenols is 1. The van der Waals surface area contributed by atoms with Crippen LogP contribution in [0.3, 0.4) is 0 Å². The lowest BCUT2D eigenvalue weighted by atomic mass is 9.98. The first kappa shape index (κ1) is 13.7. The summed E-state index contributed by atoms with van der Waals surface area (Å²) in [7, 11) is 0. The van der Waals surface area contributed by atoms with E-state index in [1.807, 2.05) is 0 Å². The van der Waals surface area contributed by atoms with Crippen LogP contribution in [0.15, 0.2) is 18.2 Å². The molecule has 0 saturated carbocycles. The van der Waals surface area contributed by atoms with Crippen molar-refractivity contribution in [2.24, 2.45) is 0 Å². The average Bonchev–Trinajstić information content (AvgIpc) is 2.82. The summed E-state index contributed by atoms with van der Waals surface area (Å²) in [4.78, 5) is 23.5. The molecular formula is C13H15NO4S. The third-order valence-electron chi connectivity index (χ3n) is 3.18. The van der Waals surface area contributed by atoms with Gasteiger partial charge in [0.15, 0.2) is 0 Å². The van der Waals surface area contributed by atoms with Gasteiger partial charge in [0.25, 0.3) is 5.91 Å². The quantitative estimate of drug-likeness (QED) is 0.779. The van der Waals surface area contributed by atoms with E-state index in [0.29, 0.717) is 17.9 Å². The van der Waals surface area contributed by atoms with E-state index in [0.717, 1.165) is 5.56 Å². The van der Waals surface area contributed by atoms with Crippen molar-refractivity contribution in [3.8, 4) is 5.75 Å². The summed E-state index contributed by atoms with van der Waals surface area (Å²) in [6.07, 6.45) is 0.394. The molecule has 5 nitrogen and oxygen atoms in total. The third kappa shape index (κ3) is 2.68. The van der Waals surface area contributed by atoms with Gasteiger partial charge in [-0.15, -0.1) is 0 Å². The number of carbonyl (C=O) groups is 2. The molecule has 102 valence electrons. The number of aliphatic carboxylic acids is 1. The van der Waals surface area contributed by atoms with Crippen molar-refractivity contribution < 1.29 is 19.8 Å². The normalized spacial score (nSPS) is 22.2. The minimum atomic E-state index is -1.22. The molecule has 0 aliphatic carbocycles.